The van der Waals surface area contributed by atoms with Gasteiger partial charge >= 0.3 is 0 Å². The monoisotopic (exact) mass is 221 g/mol. The highest BCUT2D eigenvalue weighted by molar-refractivity contribution is 5.78. The van der Waals surface area contributed by atoms with Crippen LogP contribution in [0.4, 0.5) is 0 Å². The molecule has 0 unspecified atom stereocenters. The number of fused-ring (bicyclic) bond motifs is 1. The number of pyridine rings is 2. The van der Waals surface area contributed by atoms with Crippen LogP contribution < -0.4 is 4.57 Å². The zero-order chi connectivity index (χ0) is 11.5. The van der Waals surface area contributed by atoms with Crippen molar-refractivity contribution in [1.29, 1.82) is 0 Å². The van der Waals surface area contributed by atoms with E-state index in [0.29, 0.717) is 0 Å². The quantitative estimate of drug-likeness (QED) is 0.608. The number of hydrogen-bond acceptors (Lipinski definition) is 1. The molecule has 0 spiro atoms. The van der Waals surface area contributed by atoms with Crippen molar-refractivity contribution in [3.8, 4) is 0 Å². The predicted molar refractivity (Wildman–Crippen MR) is 67.5 cm³/mol. The van der Waals surface area contributed by atoms with Gasteiger partial charge in [-0.2, -0.15) is 4.57 Å². The molecule has 0 fully saturated rings. The Morgan fingerprint density at radius 3 is 2.53 bits per heavy atom. The lowest BCUT2D eigenvalue weighted by Gasteiger charge is -2.00. The summed E-state index contributed by atoms with van der Waals surface area (Å²) < 4.78 is 2.12. The molecule has 3 aromatic rings. The predicted octanol–water partition coefficient (Wildman–Crippen LogP) is 2.57. The molecule has 2 nitrogen and oxygen atoms in total. The minimum absolute atomic E-state index is 0.811. The fourth-order valence-electron chi connectivity index (χ4n) is 1.92. The first-order chi connectivity index (χ1) is 8.42. The normalized spacial score (nSPS) is 10.6. The summed E-state index contributed by atoms with van der Waals surface area (Å²) in [4.78, 5) is 4.65. The van der Waals surface area contributed by atoms with Gasteiger partial charge in [-0.1, -0.05) is 30.3 Å². The van der Waals surface area contributed by atoms with Gasteiger partial charge in [-0.3, -0.25) is 0 Å². The van der Waals surface area contributed by atoms with Crippen molar-refractivity contribution in [1.82, 2.24) is 4.98 Å². The molecule has 0 atom stereocenters. The second-order valence-corrected chi connectivity index (χ2v) is 4.04. The van der Waals surface area contributed by atoms with Gasteiger partial charge in [0.15, 0.2) is 18.9 Å². The van der Waals surface area contributed by atoms with Gasteiger partial charge < -0.3 is 0 Å². The second kappa shape index (κ2) is 4.34. The Balaban J connectivity index is 1.96. The minimum Gasteiger partial charge on any atom is -0.246 e. The van der Waals surface area contributed by atoms with Gasteiger partial charge in [0, 0.05) is 17.5 Å². The lowest BCUT2D eigenvalue weighted by atomic mass is 10.2. The van der Waals surface area contributed by atoms with Gasteiger partial charge in [0.05, 0.1) is 5.52 Å². The number of hydrogen-bond donors (Lipinski definition) is 0. The van der Waals surface area contributed by atoms with Crippen LogP contribution in [-0.2, 0) is 6.54 Å². The van der Waals surface area contributed by atoms with Crippen LogP contribution in [0.15, 0.2) is 67.0 Å². The van der Waals surface area contributed by atoms with Crippen molar-refractivity contribution in [2.24, 2.45) is 0 Å². The third kappa shape index (κ3) is 2.16. The second-order valence-electron chi connectivity index (χ2n) is 4.04. The fraction of sp³-hybridized carbons (Fsp3) is 0.0667. The molecule has 0 aliphatic heterocycles. The summed E-state index contributed by atoms with van der Waals surface area (Å²) in [6, 6.07) is 18.5. The number of benzene rings is 1. The minimum atomic E-state index is 0.811. The smallest absolute Gasteiger partial charge is 0.190 e. The number of rotatable bonds is 2. The molecule has 0 saturated heterocycles. The van der Waals surface area contributed by atoms with E-state index in [4.69, 9.17) is 0 Å². The molecule has 1 aromatic carbocycles. The summed E-state index contributed by atoms with van der Waals surface area (Å²) in [6.45, 7) is 0.811. The molecule has 0 N–H and O–H groups in total. The molecular weight excluding hydrogens is 208 g/mol. The average molecular weight is 221 g/mol. The molecule has 2 aromatic heterocycles. The first kappa shape index (κ1) is 9.97. The topological polar surface area (TPSA) is 16.8 Å². The third-order valence-electron chi connectivity index (χ3n) is 2.78. The highest BCUT2D eigenvalue weighted by Gasteiger charge is 2.03. The van der Waals surface area contributed by atoms with Crippen LogP contribution in [0, 0.1) is 0 Å². The summed E-state index contributed by atoms with van der Waals surface area (Å²) in [5.41, 5.74) is 2.14. The maximum absolute atomic E-state index is 4.65. The number of para-hydroxylation sites is 1. The van der Waals surface area contributed by atoms with E-state index < -0.39 is 0 Å². The van der Waals surface area contributed by atoms with E-state index >= 15 is 0 Å². The first-order valence-electron chi connectivity index (χ1n) is 5.70. The van der Waals surface area contributed by atoms with Crippen molar-refractivity contribution in [3.05, 3.63) is 72.7 Å². The molecule has 2 heteroatoms. The molecule has 2 heterocycles. The average Bonchev–Trinajstić information content (AvgIpc) is 2.40. The summed E-state index contributed by atoms with van der Waals surface area (Å²) in [6.07, 6.45) is 4.10. The Morgan fingerprint density at radius 2 is 1.65 bits per heavy atom. The highest BCUT2D eigenvalue weighted by atomic mass is 14.9. The fourth-order valence-corrected chi connectivity index (χ4v) is 1.92. The zero-order valence-corrected chi connectivity index (χ0v) is 9.45. The lowest BCUT2D eigenvalue weighted by Crippen LogP contribution is -2.33. The molecule has 82 valence electrons. The molecule has 0 aliphatic rings. The zero-order valence-electron chi connectivity index (χ0n) is 9.45. The number of nitrogens with zero attached hydrogens (tertiary/aromatic N) is 2. The summed E-state index contributed by atoms with van der Waals surface area (Å²) >= 11 is 0. The Bertz CT molecular complexity index is 633. The highest BCUT2D eigenvalue weighted by Crippen LogP contribution is 2.11. The van der Waals surface area contributed by atoms with E-state index in [1.54, 1.807) is 0 Å². The summed E-state index contributed by atoms with van der Waals surface area (Å²) in [7, 11) is 0. The van der Waals surface area contributed by atoms with Crippen LogP contribution in [0.2, 0.25) is 0 Å². The molecule has 0 saturated carbocycles. The molecule has 0 amide bonds. The third-order valence-corrected chi connectivity index (χ3v) is 2.78. The van der Waals surface area contributed by atoms with Gasteiger partial charge in [0.1, 0.15) is 5.69 Å². The van der Waals surface area contributed by atoms with E-state index in [1.165, 1.54) is 5.39 Å². The Kier molecular flexibility index (Phi) is 2.54. The van der Waals surface area contributed by atoms with Gasteiger partial charge in [-0.25, -0.2) is 4.98 Å². The maximum Gasteiger partial charge on any atom is 0.190 e. The van der Waals surface area contributed by atoms with E-state index in [1.807, 2.05) is 30.3 Å². The van der Waals surface area contributed by atoms with E-state index in [2.05, 4.69) is 46.2 Å². The van der Waals surface area contributed by atoms with E-state index in [-0.39, 0.29) is 0 Å². The first-order valence-corrected chi connectivity index (χ1v) is 5.70. The Hall–Kier alpha value is -2.22. The Labute approximate surface area is 100 Å². The molecule has 0 radical (unpaired) electrons. The summed E-state index contributed by atoms with van der Waals surface area (Å²) in [5, 5.41) is 1.19. The van der Waals surface area contributed by atoms with Crippen LogP contribution in [-0.4, -0.2) is 4.98 Å². The van der Waals surface area contributed by atoms with Crippen molar-refractivity contribution in [3.63, 3.8) is 0 Å². The van der Waals surface area contributed by atoms with Crippen LogP contribution in [0.25, 0.3) is 10.9 Å². The lowest BCUT2D eigenvalue weighted by molar-refractivity contribution is -0.688. The molecule has 17 heavy (non-hydrogen) atoms. The standard InChI is InChI=1S/C15H13N2/c1-4-10-17(11-5-1)12-14-9-8-13-6-2-3-7-15(13)16-14/h1-11H,12H2/q+1. The van der Waals surface area contributed by atoms with Crippen molar-refractivity contribution >= 4 is 10.9 Å². The molecule has 0 bridgehead atoms. The molecule has 0 aliphatic carbocycles. The maximum atomic E-state index is 4.65. The molecular formula is C15H13N2+. The van der Waals surface area contributed by atoms with Gasteiger partial charge in [0.25, 0.3) is 0 Å². The van der Waals surface area contributed by atoms with Crippen LogP contribution in [0.3, 0.4) is 0 Å². The summed E-state index contributed by atoms with van der Waals surface area (Å²) in [5.74, 6) is 0. The SMILES string of the molecule is c1cc[n+](Cc2ccc3ccccc3n2)cc1. The van der Waals surface area contributed by atoms with Crippen molar-refractivity contribution in [2.75, 3.05) is 0 Å². The molecule has 3 rings (SSSR count). The van der Waals surface area contributed by atoms with Crippen LogP contribution in [0.1, 0.15) is 5.69 Å². The van der Waals surface area contributed by atoms with Gasteiger partial charge in [-0.05, 0) is 12.1 Å². The van der Waals surface area contributed by atoms with Gasteiger partial charge in [-0.15, -0.1) is 0 Å². The van der Waals surface area contributed by atoms with Crippen molar-refractivity contribution < 1.29 is 4.57 Å². The van der Waals surface area contributed by atoms with Gasteiger partial charge in [0.2, 0.25) is 0 Å². The Morgan fingerprint density at radius 1 is 0.824 bits per heavy atom. The largest absolute Gasteiger partial charge is 0.246 e. The van der Waals surface area contributed by atoms with E-state index in [9.17, 15) is 0 Å². The van der Waals surface area contributed by atoms with Crippen LogP contribution >= 0.6 is 0 Å². The van der Waals surface area contributed by atoms with Crippen LogP contribution in [0.5, 0.6) is 0 Å². The van der Waals surface area contributed by atoms with Crippen molar-refractivity contribution in [2.45, 2.75) is 6.54 Å². The number of aromatic nitrogens is 2. The van der Waals surface area contributed by atoms with E-state index in [0.717, 1.165) is 17.8 Å².